The smallest absolute Gasteiger partial charge is 0.292 e. The van der Waals surface area contributed by atoms with Gasteiger partial charge in [-0.1, -0.05) is 11.6 Å². The molecule has 0 radical (unpaired) electrons. The van der Waals surface area contributed by atoms with Gasteiger partial charge in [0.25, 0.3) is 5.91 Å². The quantitative estimate of drug-likeness (QED) is 0.297. The third kappa shape index (κ3) is 3.63. The Hall–Kier alpha value is -1.76. The highest BCUT2D eigenvalue weighted by molar-refractivity contribution is 6.33. The molecule has 0 aliphatic rings. The number of nitrogen functional groups attached to an aromatic ring is 1. The van der Waals surface area contributed by atoms with Gasteiger partial charge in [0.05, 0.1) is 23.4 Å². The number of hydrogen-bond acceptors (Lipinski definition) is 3. The lowest BCUT2D eigenvalue weighted by atomic mass is 10.3. The molecule has 2 aromatic rings. The maximum absolute atomic E-state index is 11.9. The predicted molar refractivity (Wildman–Crippen MR) is 70.7 cm³/mol. The first-order valence-corrected chi connectivity index (χ1v) is 5.93. The number of aromatic nitrogens is 2. The predicted octanol–water partition coefficient (Wildman–Crippen LogP) is -2.03. The van der Waals surface area contributed by atoms with Crippen LogP contribution in [-0.2, 0) is 18.4 Å². The molecular formula is C12H14Cl2N4O2. The van der Waals surface area contributed by atoms with Crippen LogP contribution in [-0.4, -0.2) is 15.7 Å². The van der Waals surface area contributed by atoms with Gasteiger partial charge in [-0.3, -0.25) is 10.0 Å². The summed E-state index contributed by atoms with van der Waals surface area (Å²) in [5.41, 5.74) is 6.24. The number of imidazole rings is 1. The maximum atomic E-state index is 11.9. The molecule has 0 atom stereocenters. The summed E-state index contributed by atoms with van der Waals surface area (Å²) in [7, 11) is 1.84. The van der Waals surface area contributed by atoms with Crippen LogP contribution in [0.15, 0.2) is 36.9 Å². The van der Waals surface area contributed by atoms with E-state index in [1.807, 2.05) is 7.05 Å². The van der Waals surface area contributed by atoms with Crippen molar-refractivity contribution in [3.63, 3.8) is 0 Å². The van der Waals surface area contributed by atoms with E-state index in [4.69, 9.17) is 17.3 Å². The van der Waals surface area contributed by atoms with Crippen molar-refractivity contribution in [1.29, 1.82) is 0 Å². The van der Waals surface area contributed by atoms with E-state index in [1.165, 1.54) is 18.2 Å². The Morgan fingerprint density at radius 3 is 2.80 bits per heavy atom. The third-order valence-electron chi connectivity index (χ3n) is 2.61. The Morgan fingerprint density at radius 1 is 1.55 bits per heavy atom. The second-order valence-electron chi connectivity index (χ2n) is 4.16. The number of hydrogen-bond donors (Lipinski definition) is 2. The molecule has 20 heavy (non-hydrogen) atoms. The molecule has 0 unspecified atom stereocenters. The van der Waals surface area contributed by atoms with E-state index < -0.39 is 5.91 Å². The number of carbonyl (C=O) groups excluding carboxylic acids is 1. The lowest BCUT2D eigenvalue weighted by Gasteiger charge is -2.14. The molecule has 0 saturated heterocycles. The number of nitrogens with zero attached hydrogens (tertiary/aromatic N) is 3. The molecule has 1 aromatic carbocycles. The van der Waals surface area contributed by atoms with Gasteiger partial charge in [0.1, 0.15) is 12.4 Å². The largest absolute Gasteiger partial charge is 1.00 e. The van der Waals surface area contributed by atoms with Gasteiger partial charge in [-0.2, -0.15) is 5.06 Å². The van der Waals surface area contributed by atoms with E-state index >= 15 is 0 Å². The maximum Gasteiger partial charge on any atom is 0.292 e. The molecule has 2 rings (SSSR count). The van der Waals surface area contributed by atoms with Gasteiger partial charge < -0.3 is 18.1 Å². The molecule has 0 bridgehead atoms. The van der Waals surface area contributed by atoms with Gasteiger partial charge in [-0.25, -0.2) is 9.13 Å². The zero-order valence-electron chi connectivity index (χ0n) is 10.7. The lowest BCUT2D eigenvalue weighted by Crippen LogP contribution is -3.00. The molecule has 0 aliphatic carbocycles. The zero-order valence-corrected chi connectivity index (χ0v) is 12.2. The van der Waals surface area contributed by atoms with E-state index in [0.29, 0.717) is 10.8 Å². The van der Waals surface area contributed by atoms with Crippen LogP contribution in [0.4, 0.5) is 11.4 Å². The second-order valence-corrected chi connectivity index (χ2v) is 4.57. The SMILES string of the molecule is C[n+]1ccn(CC(=O)N(O)c2ccc(N)c(Cl)c2)c1.[Cl-]. The molecule has 6 nitrogen and oxygen atoms in total. The van der Waals surface area contributed by atoms with Crippen LogP contribution in [0.1, 0.15) is 0 Å². The summed E-state index contributed by atoms with van der Waals surface area (Å²) in [4.78, 5) is 11.9. The van der Waals surface area contributed by atoms with Crippen LogP contribution in [0, 0.1) is 0 Å². The average Bonchev–Trinajstić information content (AvgIpc) is 2.77. The summed E-state index contributed by atoms with van der Waals surface area (Å²) in [6.45, 7) is 0.0271. The van der Waals surface area contributed by atoms with Crippen molar-refractivity contribution in [1.82, 2.24) is 4.57 Å². The molecule has 0 aliphatic heterocycles. The number of carbonyl (C=O) groups is 1. The van der Waals surface area contributed by atoms with Crippen LogP contribution in [0.25, 0.3) is 0 Å². The van der Waals surface area contributed by atoms with Crippen LogP contribution < -0.4 is 27.8 Å². The van der Waals surface area contributed by atoms with E-state index in [1.54, 1.807) is 27.9 Å². The van der Waals surface area contributed by atoms with Crippen LogP contribution in [0.3, 0.4) is 0 Å². The monoisotopic (exact) mass is 316 g/mol. The number of rotatable bonds is 3. The summed E-state index contributed by atoms with van der Waals surface area (Å²) in [6, 6.07) is 4.49. The fraction of sp³-hybridized carbons (Fsp3) is 0.167. The molecule has 0 fully saturated rings. The topological polar surface area (TPSA) is 75.4 Å². The molecule has 3 N–H and O–H groups in total. The normalized spacial score (nSPS) is 9.95. The molecule has 1 amide bonds. The lowest BCUT2D eigenvalue weighted by molar-refractivity contribution is -0.671. The first-order chi connectivity index (χ1) is 8.97. The molecule has 1 aromatic heterocycles. The Bertz CT molecular complexity index is 615. The van der Waals surface area contributed by atoms with Gasteiger partial charge in [-0.15, -0.1) is 0 Å². The average molecular weight is 317 g/mol. The summed E-state index contributed by atoms with van der Waals surface area (Å²) in [5, 5.41) is 10.7. The van der Waals surface area contributed by atoms with Crippen molar-refractivity contribution < 1.29 is 27.0 Å². The Morgan fingerprint density at radius 2 is 2.25 bits per heavy atom. The highest BCUT2D eigenvalue weighted by Gasteiger charge is 2.17. The summed E-state index contributed by atoms with van der Waals surface area (Å²) < 4.78 is 3.46. The van der Waals surface area contributed by atoms with Crippen molar-refractivity contribution in [3.8, 4) is 0 Å². The second kappa shape index (κ2) is 6.60. The fourth-order valence-corrected chi connectivity index (χ4v) is 1.78. The molecule has 108 valence electrons. The molecule has 0 saturated carbocycles. The van der Waals surface area contributed by atoms with Crippen molar-refractivity contribution in [3.05, 3.63) is 41.9 Å². The van der Waals surface area contributed by atoms with E-state index in [9.17, 15) is 10.0 Å². The van der Waals surface area contributed by atoms with Crippen molar-refractivity contribution in [2.24, 2.45) is 7.05 Å². The van der Waals surface area contributed by atoms with E-state index in [-0.39, 0.29) is 29.7 Å². The Labute approximate surface area is 127 Å². The summed E-state index contributed by atoms with van der Waals surface area (Å²) in [5.74, 6) is -0.475. The Balaban J connectivity index is 0.00000200. The highest BCUT2D eigenvalue weighted by Crippen LogP contribution is 2.24. The molecule has 8 heteroatoms. The van der Waals surface area contributed by atoms with E-state index in [2.05, 4.69) is 0 Å². The van der Waals surface area contributed by atoms with Crippen molar-refractivity contribution in [2.75, 3.05) is 10.8 Å². The number of amides is 1. The Kier molecular flexibility index (Phi) is 5.38. The van der Waals surface area contributed by atoms with Gasteiger partial charge in [0, 0.05) is 0 Å². The zero-order chi connectivity index (χ0) is 14.0. The van der Waals surface area contributed by atoms with Gasteiger partial charge >= 0.3 is 0 Å². The van der Waals surface area contributed by atoms with Gasteiger partial charge in [0.2, 0.25) is 6.33 Å². The summed E-state index contributed by atoms with van der Waals surface area (Å²) in [6.07, 6.45) is 5.28. The van der Waals surface area contributed by atoms with E-state index in [0.717, 1.165) is 0 Å². The first kappa shape index (κ1) is 16.3. The van der Waals surface area contributed by atoms with Gasteiger partial charge in [0.15, 0.2) is 6.54 Å². The number of hydroxylamine groups is 1. The number of anilines is 2. The minimum absolute atomic E-state index is 0. The van der Waals surface area contributed by atoms with Crippen molar-refractivity contribution >= 4 is 28.9 Å². The third-order valence-corrected chi connectivity index (χ3v) is 2.93. The minimum Gasteiger partial charge on any atom is -1.00 e. The van der Waals surface area contributed by atoms with Gasteiger partial charge in [-0.05, 0) is 18.2 Å². The van der Waals surface area contributed by atoms with Crippen LogP contribution >= 0.6 is 11.6 Å². The number of aryl methyl sites for hydroxylation is 1. The van der Waals surface area contributed by atoms with Crippen LogP contribution in [0.5, 0.6) is 0 Å². The highest BCUT2D eigenvalue weighted by atomic mass is 35.5. The molecule has 1 heterocycles. The minimum atomic E-state index is -0.475. The summed E-state index contributed by atoms with van der Waals surface area (Å²) >= 11 is 5.84. The standard InChI is InChI=1S/C12H14ClN4O2.ClH/c1-15-4-5-16(8-15)7-12(18)17(19)9-2-3-11(14)10(13)6-9;/h2-6,8,19H,7,14H2,1H3;1H/q+1;/p-1. The number of halogens is 2. The van der Waals surface area contributed by atoms with Crippen LogP contribution in [0.2, 0.25) is 5.02 Å². The molecular weight excluding hydrogens is 303 g/mol. The number of benzene rings is 1. The molecule has 0 spiro atoms. The van der Waals surface area contributed by atoms with Crippen molar-refractivity contribution in [2.45, 2.75) is 6.54 Å². The first-order valence-electron chi connectivity index (χ1n) is 5.55. The number of nitrogens with two attached hydrogens (primary N) is 1. The fourth-order valence-electron chi connectivity index (χ4n) is 1.61.